The van der Waals surface area contributed by atoms with Crippen molar-refractivity contribution in [2.24, 2.45) is 0 Å². The molecule has 1 rings (SSSR count). The van der Waals surface area contributed by atoms with Gasteiger partial charge in [-0.15, -0.1) is 0 Å². The van der Waals surface area contributed by atoms with E-state index in [1.807, 2.05) is 19.1 Å². The maximum atomic E-state index is 11.7. The summed E-state index contributed by atoms with van der Waals surface area (Å²) in [7, 11) is -3.06. The number of alkyl halides is 1. The van der Waals surface area contributed by atoms with Crippen LogP contribution in [0.25, 0.3) is 0 Å². The molecule has 0 bridgehead atoms. The van der Waals surface area contributed by atoms with Crippen molar-refractivity contribution in [1.29, 1.82) is 0 Å². The summed E-state index contributed by atoms with van der Waals surface area (Å²) in [5.41, 5.74) is 1.89. The molecule has 0 aliphatic rings. The normalized spacial score (nSPS) is 11.6. The van der Waals surface area contributed by atoms with E-state index >= 15 is 0 Å². The van der Waals surface area contributed by atoms with E-state index in [0.717, 1.165) is 15.6 Å². The molecular formula is C10H13IO2S. The lowest BCUT2D eigenvalue weighted by Gasteiger charge is -2.07. The molecule has 0 fully saturated rings. The van der Waals surface area contributed by atoms with E-state index in [1.165, 1.54) is 0 Å². The number of rotatable bonds is 3. The molecule has 0 spiro atoms. The summed E-state index contributed by atoms with van der Waals surface area (Å²) in [6.07, 6.45) is 0. The number of hydrogen-bond acceptors (Lipinski definition) is 2. The zero-order valence-electron chi connectivity index (χ0n) is 8.25. The van der Waals surface area contributed by atoms with Crippen molar-refractivity contribution in [2.45, 2.75) is 23.2 Å². The predicted molar refractivity (Wildman–Crippen MR) is 66.6 cm³/mol. The highest BCUT2D eigenvalue weighted by atomic mass is 127. The summed E-state index contributed by atoms with van der Waals surface area (Å²) in [6.45, 7) is 3.50. The number of sulfone groups is 1. The quantitative estimate of drug-likeness (QED) is 0.633. The van der Waals surface area contributed by atoms with Crippen molar-refractivity contribution in [3.8, 4) is 0 Å². The summed E-state index contributed by atoms with van der Waals surface area (Å²) in [5.74, 6) is 0.165. The van der Waals surface area contributed by atoms with Crippen LogP contribution in [0.3, 0.4) is 0 Å². The molecule has 14 heavy (non-hydrogen) atoms. The second-order valence-electron chi connectivity index (χ2n) is 3.14. The molecule has 0 aromatic heterocycles. The fourth-order valence-corrected chi connectivity index (χ4v) is 2.89. The van der Waals surface area contributed by atoms with Crippen LogP contribution < -0.4 is 0 Å². The van der Waals surface area contributed by atoms with Crippen LogP contribution in [0.1, 0.15) is 18.1 Å². The average Bonchev–Trinajstić information content (AvgIpc) is 2.18. The van der Waals surface area contributed by atoms with Gasteiger partial charge in [-0.05, 0) is 24.1 Å². The number of halogens is 1. The monoisotopic (exact) mass is 324 g/mol. The molecule has 4 heteroatoms. The van der Waals surface area contributed by atoms with Gasteiger partial charge in [-0.1, -0.05) is 41.6 Å². The first-order valence-corrected chi connectivity index (χ1v) is 7.57. The van der Waals surface area contributed by atoms with Crippen LogP contribution in [-0.2, 0) is 14.3 Å². The largest absolute Gasteiger partial charge is 0.224 e. The lowest BCUT2D eigenvalue weighted by molar-refractivity contribution is 0.596. The van der Waals surface area contributed by atoms with Gasteiger partial charge in [-0.2, -0.15) is 0 Å². The van der Waals surface area contributed by atoms with Gasteiger partial charge < -0.3 is 0 Å². The van der Waals surface area contributed by atoms with Crippen molar-refractivity contribution in [2.75, 3.05) is 5.75 Å². The van der Waals surface area contributed by atoms with Gasteiger partial charge >= 0.3 is 0 Å². The van der Waals surface area contributed by atoms with Crippen molar-refractivity contribution >= 4 is 32.4 Å². The fourth-order valence-electron chi connectivity index (χ4n) is 1.22. The molecule has 2 nitrogen and oxygen atoms in total. The first-order valence-electron chi connectivity index (χ1n) is 4.39. The molecule has 0 amide bonds. The average molecular weight is 324 g/mol. The van der Waals surface area contributed by atoms with Gasteiger partial charge in [0.1, 0.15) is 0 Å². The van der Waals surface area contributed by atoms with Crippen molar-refractivity contribution < 1.29 is 8.42 Å². The SMILES string of the molecule is CCS(=O)(=O)c1cc(CI)ccc1C. The summed E-state index contributed by atoms with van der Waals surface area (Å²) >= 11 is 2.23. The number of benzene rings is 1. The van der Waals surface area contributed by atoms with Gasteiger partial charge in [-0.25, -0.2) is 8.42 Å². The summed E-state index contributed by atoms with van der Waals surface area (Å²) in [4.78, 5) is 0.481. The maximum absolute atomic E-state index is 11.7. The van der Waals surface area contributed by atoms with Crippen LogP contribution in [-0.4, -0.2) is 14.2 Å². The van der Waals surface area contributed by atoms with Crippen molar-refractivity contribution in [3.63, 3.8) is 0 Å². The van der Waals surface area contributed by atoms with Gasteiger partial charge in [0.05, 0.1) is 10.6 Å². The second-order valence-corrected chi connectivity index (χ2v) is 6.15. The van der Waals surface area contributed by atoms with E-state index in [1.54, 1.807) is 13.0 Å². The molecule has 0 aliphatic heterocycles. The van der Waals surface area contributed by atoms with Crippen LogP contribution in [0.15, 0.2) is 23.1 Å². The Morgan fingerprint density at radius 3 is 2.50 bits per heavy atom. The molecule has 0 radical (unpaired) electrons. The number of aryl methyl sites for hydroxylation is 1. The number of hydrogen-bond donors (Lipinski definition) is 0. The van der Waals surface area contributed by atoms with E-state index in [0.29, 0.717) is 4.90 Å². The van der Waals surface area contributed by atoms with Gasteiger partial charge in [0.2, 0.25) is 0 Å². The van der Waals surface area contributed by atoms with Gasteiger partial charge in [-0.3, -0.25) is 0 Å². The predicted octanol–water partition coefficient (Wildman–Crippen LogP) is 2.72. The highest BCUT2D eigenvalue weighted by Crippen LogP contribution is 2.19. The zero-order chi connectivity index (χ0) is 10.8. The Morgan fingerprint density at radius 1 is 1.36 bits per heavy atom. The van der Waals surface area contributed by atoms with E-state index in [9.17, 15) is 8.42 Å². The molecule has 0 saturated heterocycles. The van der Waals surface area contributed by atoms with Crippen LogP contribution in [0.5, 0.6) is 0 Å². The third-order valence-electron chi connectivity index (χ3n) is 2.12. The van der Waals surface area contributed by atoms with Gasteiger partial charge in [0.15, 0.2) is 9.84 Å². The van der Waals surface area contributed by atoms with Crippen molar-refractivity contribution in [3.05, 3.63) is 29.3 Å². The molecule has 0 saturated carbocycles. The van der Waals surface area contributed by atoms with Crippen molar-refractivity contribution in [1.82, 2.24) is 0 Å². The summed E-state index contributed by atoms with van der Waals surface area (Å²) in [6, 6.07) is 5.62. The molecule has 0 heterocycles. The molecule has 1 aromatic carbocycles. The molecule has 0 atom stereocenters. The molecular weight excluding hydrogens is 311 g/mol. The Labute approximate surface area is 98.8 Å². The Bertz CT molecular complexity index is 424. The lowest BCUT2D eigenvalue weighted by atomic mass is 10.2. The minimum absolute atomic E-state index is 0.165. The zero-order valence-corrected chi connectivity index (χ0v) is 11.2. The van der Waals surface area contributed by atoms with Crippen LogP contribution in [0, 0.1) is 6.92 Å². The van der Waals surface area contributed by atoms with Gasteiger partial charge in [0, 0.05) is 4.43 Å². The highest BCUT2D eigenvalue weighted by molar-refractivity contribution is 14.1. The molecule has 0 N–H and O–H groups in total. The minimum atomic E-state index is -3.06. The van der Waals surface area contributed by atoms with Crippen LogP contribution >= 0.6 is 22.6 Å². The van der Waals surface area contributed by atoms with Crippen LogP contribution in [0.2, 0.25) is 0 Å². The van der Waals surface area contributed by atoms with E-state index in [4.69, 9.17) is 0 Å². The first-order chi connectivity index (χ1) is 6.51. The Hall–Kier alpha value is -0.100. The Balaban J connectivity index is 3.33. The molecule has 0 unspecified atom stereocenters. The summed E-state index contributed by atoms with van der Waals surface area (Å²) in [5, 5.41) is 0. The third-order valence-corrected chi connectivity index (χ3v) is 4.87. The minimum Gasteiger partial charge on any atom is -0.224 e. The Kier molecular flexibility index (Phi) is 3.94. The topological polar surface area (TPSA) is 34.1 Å². The third kappa shape index (κ3) is 2.48. The first kappa shape index (κ1) is 12.0. The standard InChI is InChI=1S/C10H13IO2S/c1-3-14(12,13)10-6-9(7-11)5-4-8(10)2/h4-6H,3,7H2,1-2H3. The lowest BCUT2D eigenvalue weighted by Crippen LogP contribution is -2.06. The molecule has 0 aliphatic carbocycles. The smallest absolute Gasteiger partial charge is 0.178 e. The van der Waals surface area contributed by atoms with Gasteiger partial charge in [0.25, 0.3) is 0 Å². The second kappa shape index (κ2) is 4.61. The van der Waals surface area contributed by atoms with Crippen LogP contribution in [0.4, 0.5) is 0 Å². The van der Waals surface area contributed by atoms with E-state index in [2.05, 4.69) is 22.6 Å². The van der Waals surface area contributed by atoms with E-state index < -0.39 is 9.84 Å². The molecule has 78 valence electrons. The fraction of sp³-hybridized carbons (Fsp3) is 0.400. The Morgan fingerprint density at radius 2 is 2.00 bits per heavy atom. The maximum Gasteiger partial charge on any atom is 0.178 e. The molecule has 1 aromatic rings. The summed E-state index contributed by atoms with van der Waals surface area (Å²) < 4.78 is 24.2. The highest BCUT2D eigenvalue weighted by Gasteiger charge is 2.14. The van der Waals surface area contributed by atoms with E-state index in [-0.39, 0.29) is 5.75 Å².